The third-order valence-electron chi connectivity index (χ3n) is 5.79. The first-order valence-electron chi connectivity index (χ1n) is 8.46. The molecular weight excluding hydrogens is 250 g/mol. The molecular formula is C17H30BCl. The van der Waals surface area contributed by atoms with Gasteiger partial charge in [-0.2, -0.15) is 0 Å². The first kappa shape index (κ1) is 15.5. The van der Waals surface area contributed by atoms with Gasteiger partial charge in [0.1, 0.15) is 0 Å². The van der Waals surface area contributed by atoms with Gasteiger partial charge in [-0.3, -0.25) is 0 Å². The minimum Gasteiger partial charge on any atom is -0.122 e. The second-order valence-corrected chi connectivity index (χ2v) is 7.32. The lowest BCUT2D eigenvalue weighted by molar-refractivity contribution is 0.348. The Morgan fingerprint density at radius 1 is 0.895 bits per heavy atom. The Morgan fingerprint density at radius 3 is 1.79 bits per heavy atom. The Labute approximate surface area is 125 Å². The summed E-state index contributed by atoms with van der Waals surface area (Å²) in [5, 5.41) is 0. The Bertz CT molecular complexity index is 267. The number of rotatable bonds is 4. The lowest BCUT2D eigenvalue weighted by Gasteiger charge is -2.40. The van der Waals surface area contributed by atoms with Crippen molar-refractivity contribution in [3.05, 3.63) is 12.1 Å². The van der Waals surface area contributed by atoms with Gasteiger partial charge in [0.2, 0.25) is 0 Å². The van der Waals surface area contributed by atoms with Crippen molar-refractivity contribution in [3.8, 4) is 0 Å². The molecule has 4 atom stereocenters. The molecule has 2 aliphatic carbocycles. The third-order valence-corrected chi connectivity index (χ3v) is 5.97. The summed E-state index contributed by atoms with van der Waals surface area (Å²) in [5.41, 5.74) is 0. The molecule has 108 valence electrons. The highest BCUT2D eigenvalue weighted by atomic mass is 35.5. The van der Waals surface area contributed by atoms with Crippen LogP contribution in [0.15, 0.2) is 12.1 Å². The van der Waals surface area contributed by atoms with E-state index in [9.17, 15) is 0 Å². The van der Waals surface area contributed by atoms with Crippen molar-refractivity contribution in [1.29, 1.82) is 0 Å². The van der Waals surface area contributed by atoms with Crippen LogP contribution in [0.3, 0.4) is 0 Å². The molecule has 0 bridgehead atoms. The van der Waals surface area contributed by atoms with E-state index in [2.05, 4.69) is 25.9 Å². The van der Waals surface area contributed by atoms with E-state index in [0.29, 0.717) is 5.88 Å². The summed E-state index contributed by atoms with van der Waals surface area (Å²) in [5.74, 6) is 6.82. The topological polar surface area (TPSA) is 0 Å². The molecule has 2 rings (SSSR count). The van der Waals surface area contributed by atoms with Gasteiger partial charge < -0.3 is 0 Å². The molecule has 0 heterocycles. The fourth-order valence-electron chi connectivity index (χ4n) is 4.65. The largest absolute Gasteiger partial charge is 0.172 e. The van der Waals surface area contributed by atoms with E-state index >= 15 is 0 Å². The van der Waals surface area contributed by atoms with Gasteiger partial charge in [0.25, 0.3) is 0 Å². The summed E-state index contributed by atoms with van der Waals surface area (Å²) >= 11 is 5.91. The maximum atomic E-state index is 5.91. The first-order chi connectivity index (χ1) is 9.24. The van der Waals surface area contributed by atoms with Crippen molar-refractivity contribution in [1.82, 2.24) is 0 Å². The molecule has 0 amide bonds. The summed E-state index contributed by atoms with van der Waals surface area (Å²) in [6.45, 7) is 5.77. The summed E-state index contributed by atoms with van der Waals surface area (Å²) in [6, 6.07) is 0. The quantitative estimate of drug-likeness (QED) is 0.439. The number of halogens is 1. The van der Waals surface area contributed by atoms with E-state index < -0.39 is 0 Å². The predicted molar refractivity (Wildman–Crippen MR) is 88.4 cm³/mol. The van der Waals surface area contributed by atoms with Crippen LogP contribution < -0.4 is 0 Å². The molecule has 0 N–H and O–H groups in total. The van der Waals surface area contributed by atoms with E-state index in [1.807, 2.05) is 0 Å². The normalized spacial score (nSPS) is 36.6. The highest BCUT2D eigenvalue weighted by molar-refractivity contribution is 6.67. The molecule has 0 aromatic heterocycles. The number of allylic oxidation sites excluding steroid dienone is 1. The highest BCUT2D eigenvalue weighted by Gasteiger charge is 2.38. The van der Waals surface area contributed by atoms with Crippen molar-refractivity contribution in [2.24, 2.45) is 11.8 Å². The fraction of sp³-hybridized carbons (Fsp3) is 0.882. The molecule has 2 saturated carbocycles. The van der Waals surface area contributed by atoms with Crippen LogP contribution >= 0.6 is 11.6 Å². The molecule has 0 unspecified atom stereocenters. The summed E-state index contributed by atoms with van der Waals surface area (Å²) in [4.78, 5) is 0. The molecule has 2 heteroatoms. The maximum absolute atomic E-state index is 5.91. The number of hydrogen-bond donors (Lipinski definition) is 0. The molecule has 19 heavy (non-hydrogen) atoms. The van der Waals surface area contributed by atoms with Crippen LogP contribution in [0.2, 0.25) is 11.6 Å². The Morgan fingerprint density at radius 2 is 1.37 bits per heavy atom. The first-order valence-corrected chi connectivity index (χ1v) is 9.00. The Kier molecular flexibility index (Phi) is 6.33. The summed E-state index contributed by atoms with van der Waals surface area (Å²) in [6.07, 6.45) is 13.8. The van der Waals surface area contributed by atoms with E-state index in [1.165, 1.54) is 51.4 Å². The zero-order valence-corrected chi connectivity index (χ0v) is 13.5. The van der Waals surface area contributed by atoms with E-state index in [4.69, 9.17) is 11.6 Å². The van der Waals surface area contributed by atoms with Crippen LogP contribution in [0.4, 0.5) is 0 Å². The van der Waals surface area contributed by atoms with Crippen molar-refractivity contribution < 1.29 is 0 Å². The average molecular weight is 281 g/mol. The fourth-order valence-corrected chi connectivity index (χ4v) is 4.75. The van der Waals surface area contributed by atoms with Crippen LogP contribution in [0.5, 0.6) is 0 Å². The molecule has 2 aliphatic rings. The van der Waals surface area contributed by atoms with Crippen LogP contribution in [-0.4, -0.2) is 12.6 Å². The Hall–Kier alpha value is 0.0949. The lowest BCUT2D eigenvalue weighted by atomic mass is 9.28. The van der Waals surface area contributed by atoms with E-state index in [0.717, 1.165) is 30.2 Å². The van der Waals surface area contributed by atoms with Crippen molar-refractivity contribution in [2.75, 3.05) is 5.88 Å². The van der Waals surface area contributed by atoms with E-state index in [-0.39, 0.29) is 0 Å². The standard InChI is InChI=1S/C17H30BCl/c1-14-8-3-5-10-16(14)18(12-7-13-19)17-11-6-4-9-15(17)2/h7,12,14-17H,3-6,8-11,13H2,1-2H3/b12-7+/t14-,15-,16-,17-/m1/s1. The van der Waals surface area contributed by atoms with E-state index in [1.54, 1.807) is 0 Å². The molecule has 2 fully saturated rings. The maximum Gasteiger partial charge on any atom is 0.172 e. The SMILES string of the molecule is C[C@@H]1CCCC[C@H]1B(/C=C/CCl)[C@@H]1CCCC[C@H]1C. The van der Waals surface area contributed by atoms with Gasteiger partial charge in [0.15, 0.2) is 6.71 Å². The average Bonchev–Trinajstić information content (AvgIpc) is 2.42. The van der Waals surface area contributed by atoms with Gasteiger partial charge in [-0.05, 0) is 11.8 Å². The van der Waals surface area contributed by atoms with Crippen LogP contribution in [0.25, 0.3) is 0 Å². The lowest BCUT2D eigenvalue weighted by Crippen LogP contribution is -2.35. The molecule has 0 saturated heterocycles. The molecule has 0 aromatic carbocycles. The zero-order chi connectivity index (χ0) is 13.7. The monoisotopic (exact) mass is 280 g/mol. The van der Waals surface area contributed by atoms with Gasteiger partial charge in [0, 0.05) is 5.88 Å². The van der Waals surface area contributed by atoms with Crippen LogP contribution in [0, 0.1) is 11.8 Å². The molecule has 0 spiro atoms. The summed E-state index contributed by atoms with van der Waals surface area (Å²) < 4.78 is 0. The van der Waals surface area contributed by atoms with Crippen molar-refractivity contribution in [2.45, 2.75) is 76.8 Å². The van der Waals surface area contributed by atoms with Gasteiger partial charge in [0.05, 0.1) is 0 Å². The van der Waals surface area contributed by atoms with Crippen LogP contribution in [-0.2, 0) is 0 Å². The van der Waals surface area contributed by atoms with Gasteiger partial charge >= 0.3 is 0 Å². The highest BCUT2D eigenvalue weighted by Crippen LogP contribution is 2.46. The van der Waals surface area contributed by atoms with Crippen molar-refractivity contribution >= 4 is 18.3 Å². The van der Waals surface area contributed by atoms with Gasteiger partial charge in [-0.15, -0.1) is 17.6 Å². The number of hydrogen-bond acceptors (Lipinski definition) is 0. The minimum absolute atomic E-state index is 0.679. The van der Waals surface area contributed by atoms with Gasteiger partial charge in [-0.25, -0.2) is 0 Å². The Balaban J connectivity index is 2.11. The smallest absolute Gasteiger partial charge is 0.122 e. The zero-order valence-electron chi connectivity index (χ0n) is 12.8. The van der Waals surface area contributed by atoms with Crippen LogP contribution in [0.1, 0.15) is 65.2 Å². The molecule has 0 radical (unpaired) electrons. The predicted octanol–water partition coefficient (Wildman–Crippen LogP) is 5.98. The second kappa shape index (κ2) is 7.77. The molecule has 0 nitrogen and oxygen atoms in total. The minimum atomic E-state index is 0.679. The summed E-state index contributed by atoms with van der Waals surface area (Å²) in [7, 11) is 0. The second-order valence-electron chi connectivity index (χ2n) is 7.01. The molecule has 0 aromatic rings. The third kappa shape index (κ3) is 4.03. The van der Waals surface area contributed by atoms with Crippen molar-refractivity contribution in [3.63, 3.8) is 0 Å². The number of alkyl halides is 1. The molecule has 0 aliphatic heterocycles. The van der Waals surface area contributed by atoms with Gasteiger partial charge in [-0.1, -0.05) is 82.9 Å².